The fourth-order valence-corrected chi connectivity index (χ4v) is 3.44. The van der Waals surface area contributed by atoms with Crippen LogP contribution in [0.2, 0.25) is 0 Å². The number of benzene rings is 1. The normalized spacial score (nSPS) is 16.8. The number of rotatable bonds is 3. The second-order valence-electron chi connectivity index (χ2n) is 6.72. The van der Waals surface area contributed by atoms with Crippen LogP contribution in [0, 0.1) is 5.92 Å². The molecule has 1 saturated carbocycles. The van der Waals surface area contributed by atoms with E-state index in [4.69, 9.17) is 0 Å². The lowest BCUT2D eigenvalue weighted by Gasteiger charge is -2.24. The zero-order chi connectivity index (χ0) is 15.9. The summed E-state index contributed by atoms with van der Waals surface area (Å²) >= 11 is 0. The van der Waals surface area contributed by atoms with Crippen LogP contribution in [0.5, 0.6) is 0 Å². The number of amidine groups is 1. The van der Waals surface area contributed by atoms with Crippen LogP contribution in [0.4, 0.5) is 5.69 Å². The van der Waals surface area contributed by atoms with Crippen LogP contribution in [0.25, 0.3) is 10.9 Å². The molecule has 1 fully saturated rings. The Kier molecular flexibility index (Phi) is 3.11. The van der Waals surface area contributed by atoms with Crippen LogP contribution in [-0.4, -0.2) is 20.6 Å². The van der Waals surface area contributed by atoms with E-state index in [-0.39, 0.29) is 0 Å². The largest absolute Gasteiger partial charge is 0.339 e. The molecule has 1 aliphatic carbocycles. The van der Waals surface area contributed by atoms with Crippen molar-refractivity contribution in [2.45, 2.75) is 32.4 Å². The van der Waals surface area contributed by atoms with Crippen molar-refractivity contribution in [2.24, 2.45) is 10.9 Å². The first-order chi connectivity index (χ1) is 11.8. The summed E-state index contributed by atoms with van der Waals surface area (Å²) in [5.74, 6) is 1.67. The number of aromatic nitrogens is 3. The first-order valence-electron chi connectivity index (χ1n) is 8.58. The highest BCUT2D eigenvalue weighted by Crippen LogP contribution is 2.28. The van der Waals surface area contributed by atoms with E-state index in [2.05, 4.69) is 55.5 Å². The van der Waals surface area contributed by atoms with Crippen molar-refractivity contribution in [3.8, 4) is 0 Å². The van der Waals surface area contributed by atoms with E-state index >= 15 is 0 Å². The van der Waals surface area contributed by atoms with Gasteiger partial charge in [0.15, 0.2) is 5.84 Å². The highest BCUT2D eigenvalue weighted by molar-refractivity contribution is 6.09. The molecule has 0 radical (unpaired) electrons. The molecule has 1 N–H and O–H groups in total. The monoisotopic (exact) mass is 317 g/mol. The van der Waals surface area contributed by atoms with Crippen molar-refractivity contribution >= 4 is 22.4 Å². The summed E-state index contributed by atoms with van der Waals surface area (Å²) in [7, 11) is 0. The van der Waals surface area contributed by atoms with Crippen molar-refractivity contribution in [3.05, 3.63) is 54.0 Å². The Balaban J connectivity index is 1.39. The number of fused-ring (bicyclic) bond motifs is 2. The molecule has 24 heavy (non-hydrogen) atoms. The molecule has 0 atom stereocenters. The predicted molar refractivity (Wildman–Crippen MR) is 95.2 cm³/mol. The fourth-order valence-electron chi connectivity index (χ4n) is 3.44. The number of anilines is 1. The lowest BCUT2D eigenvalue weighted by molar-refractivity contribution is 0.267. The molecule has 0 saturated heterocycles. The molecule has 3 aromatic rings. The Morgan fingerprint density at radius 2 is 2.17 bits per heavy atom. The van der Waals surface area contributed by atoms with Gasteiger partial charge in [-0.2, -0.15) is 5.10 Å². The lowest BCUT2D eigenvalue weighted by atomic mass is 9.85. The summed E-state index contributed by atoms with van der Waals surface area (Å²) in [6, 6.07) is 10.3. The van der Waals surface area contributed by atoms with Gasteiger partial charge in [0.2, 0.25) is 0 Å². The number of hydrogen-bond donors (Lipinski definition) is 1. The Bertz CT molecular complexity index is 936. The molecule has 0 bridgehead atoms. The van der Waals surface area contributed by atoms with Gasteiger partial charge in [-0.05, 0) is 43.0 Å². The Morgan fingerprint density at radius 1 is 1.21 bits per heavy atom. The van der Waals surface area contributed by atoms with Crippen LogP contribution < -0.4 is 5.32 Å². The molecule has 5 heteroatoms. The van der Waals surface area contributed by atoms with Crippen LogP contribution >= 0.6 is 0 Å². The topological polar surface area (TPSA) is 55.1 Å². The number of nitrogens with one attached hydrogen (secondary N) is 1. The minimum atomic E-state index is 0.701. The van der Waals surface area contributed by atoms with Crippen molar-refractivity contribution < 1.29 is 0 Å². The molecule has 3 heterocycles. The molecule has 1 aliphatic heterocycles. The minimum Gasteiger partial charge on any atom is -0.339 e. The fraction of sp³-hybridized carbons (Fsp3) is 0.316. The lowest BCUT2D eigenvalue weighted by Crippen LogP contribution is -2.18. The van der Waals surface area contributed by atoms with Crippen LogP contribution in [-0.2, 0) is 13.1 Å². The van der Waals surface area contributed by atoms with Gasteiger partial charge in [-0.3, -0.25) is 14.7 Å². The van der Waals surface area contributed by atoms with Crippen LogP contribution in [0.3, 0.4) is 0 Å². The number of hydrogen-bond acceptors (Lipinski definition) is 4. The standard InChI is InChI=1S/C19H19N5/c1-3-13(4-1)11-24-12-15-9-16(6-7-17(15)23-24)22-19-18-14(10-21-19)5-2-8-20-18/h2,5-9,12-13H,1,3-4,10-11H2,(H,21,22). The zero-order valence-corrected chi connectivity index (χ0v) is 13.4. The summed E-state index contributed by atoms with van der Waals surface area (Å²) in [4.78, 5) is 9.01. The van der Waals surface area contributed by atoms with Crippen molar-refractivity contribution in [1.82, 2.24) is 14.8 Å². The van der Waals surface area contributed by atoms with E-state index < -0.39 is 0 Å². The molecule has 2 aliphatic rings. The van der Waals surface area contributed by atoms with Gasteiger partial charge in [0.05, 0.1) is 12.1 Å². The van der Waals surface area contributed by atoms with Gasteiger partial charge in [0.1, 0.15) is 5.69 Å². The van der Waals surface area contributed by atoms with E-state index in [1.165, 1.54) is 30.2 Å². The summed E-state index contributed by atoms with van der Waals surface area (Å²) < 4.78 is 2.10. The van der Waals surface area contributed by atoms with E-state index in [0.29, 0.717) is 6.54 Å². The average molecular weight is 317 g/mol. The molecular formula is C19H19N5. The van der Waals surface area contributed by atoms with Crippen molar-refractivity contribution in [2.75, 3.05) is 5.32 Å². The first kappa shape index (κ1) is 13.7. The minimum absolute atomic E-state index is 0.701. The average Bonchev–Trinajstić information content (AvgIpc) is 3.15. The molecular weight excluding hydrogens is 298 g/mol. The number of aliphatic imine (C=N–C) groups is 1. The van der Waals surface area contributed by atoms with Crippen LogP contribution in [0.15, 0.2) is 47.7 Å². The van der Waals surface area contributed by atoms with E-state index in [0.717, 1.165) is 35.2 Å². The molecule has 120 valence electrons. The Morgan fingerprint density at radius 3 is 3.04 bits per heavy atom. The molecule has 0 amide bonds. The molecule has 0 unspecified atom stereocenters. The Labute approximate surface area is 140 Å². The summed E-state index contributed by atoms with van der Waals surface area (Å²) in [6.45, 7) is 1.74. The smallest absolute Gasteiger partial charge is 0.152 e. The third kappa shape index (κ3) is 2.37. The maximum Gasteiger partial charge on any atom is 0.152 e. The van der Waals surface area contributed by atoms with E-state index in [9.17, 15) is 0 Å². The molecule has 2 aromatic heterocycles. The first-order valence-corrected chi connectivity index (χ1v) is 8.58. The maximum atomic E-state index is 4.69. The summed E-state index contributed by atoms with van der Waals surface area (Å²) in [5, 5.41) is 9.27. The summed E-state index contributed by atoms with van der Waals surface area (Å²) in [6.07, 6.45) is 8.03. The third-order valence-corrected chi connectivity index (χ3v) is 5.01. The van der Waals surface area contributed by atoms with Crippen molar-refractivity contribution in [1.29, 1.82) is 0 Å². The highest BCUT2D eigenvalue weighted by Gasteiger charge is 2.19. The van der Waals surface area contributed by atoms with Gasteiger partial charge in [0, 0.05) is 35.6 Å². The van der Waals surface area contributed by atoms with Gasteiger partial charge < -0.3 is 5.32 Å². The van der Waals surface area contributed by atoms with Gasteiger partial charge in [0.25, 0.3) is 0 Å². The summed E-state index contributed by atoms with van der Waals surface area (Å²) in [5.41, 5.74) is 4.21. The molecule has 0 spiro atoms. The maximum absolute atomic E-state index is 4.69. The van der Waals surface area contributed by atoms with Gasteiger partial charge in [-0.15, -0.1) is 0 Å². The second-order valence-corrected chi connectivity index (χ2v) is 6.72. The SMILES string of the molecule is c1cnc2c(c1)CN=C2Nc1ccc2nn(CC3CCC3)cc2c1. The number of pyridine rings is 1. The highest BCUT2D eigenvalue weighted by atomic mass is 15.3. The third-order valence-electron chi connectivity index (χ3n) is 5.01. The van der Waals surface area contributed by atoms with Gasteiger partial charge in [-0.1, -0.05) is 12.5 Å². The van der Waals surface area contributed by atoms with Crippen molar-refractivity contribution in [3.63, 3.8) is 0 Å². The molecule has 5 nitrogen and oxygen atoms in total. The van der Waals surface area contributed by atoms with E-state index in [1.54, 1.807) is 0 Å². The Hall–Kier alpha value is -2.69. The van der Waals surface area contributed by atoms with Gasteiger partial charge in [-0.25, -0.2) is 0 Å². The molecule has 5 rings (SSSR count). The predicted octanol–water partition coefficient (Wildman–Crippen LogP) is 3.60. The zero-order valence-electron chi connectivity index (χ0n) is 13.4. The number of nitrogens with zero attached hydrogens (tertiary/aromatic N) is 4. The quantitative estimate of drug-likeness (QED) is 0.803. The molecule has 1 aromatic carbocycles. The van der Waals surface area contributed by atoms with E-state index in [1.807, 2.05) is 12.3 Å². The van der Waals surface area contributed by atoms with Crippen LogP contribution in [0.1, 0.15) is 30.5 Å². The second kappa shape index (κ2) is 5.44. The van der Waals surface area contributed by atoms with Gasteiger partial charge >= 0.3 is 0 Å².